The summed E-state index contributed by atoms with van der Waals surface area (Å²) in [4.78, 5) is 28.6. The fraction of sp³-hybridized carbons (Fsp3) is 0.111. The SMILES string of the molecule is Cc1c(-c2ccccc2O)nc(NC(=O)c2ccco2)c(C#N)c1-c1cccc(N[C@](C)(N)C=O)c1.Cl. The average molecular weight is 518 g/mol. The van der Waals surface area contributed by atoms with Crippen molar-refractivity contribution in [1.29, 1.82) is 5.26 Å². The number of aromatic nitrogens is 1. The number of nitrogens with two attached hydrogens (primary N) is 1. The van der Waals surface area contributed by atoms with Gasteiger partial charge in [-0.25, -0.2) is 4.98 Å². The first kappa shape index (κ1) is 26.9. The third kappa shape index (κ3) is 5.62. The van der Waals surface area contributed by atoms with E-state index in [1.165, 1.54) is 25.3 Å². The van der Waals surface area contributed by atoms with Crippen molar-refractivity contribution >= 4 is 36.1 Å². The summed E-state index contributed by atoms with van der Waals surface area (Å²) in [6, 6.07) is 18.9. The largest absolute Gasteiger partial charge is 0.507 e. The maximum Gasteiger partial charge on any atom is 0.292 e. The average Bonchev–Trinajstić information content (AvgIpc) is 3.40. The van der Waals surface area contributed by atoms with Crippen LogP contribution in [0.3, 0.4) is 0 Å². The normalized spacial score (nSPS) is 11.9. The molecule has 188 valence electrons. The summed E-state index contributed by atoms with van der Waals surface area (Å²) in [5.74, 6) is -0.531. The van der Waals surface area contributed by atoms with Gasteiger partial charge in [0.05, 0.1) is 12.0 Å². The Morgan fingerprint density at radius 2 is 1.95 bits per heavy atom. The predicted octanol–water partition coefficient (Wildman–Crippen LogP) is 4.85. The second kappa shape index (κ2) is 11.0. The quantitative estimate of drug-likeness (QED) is 0.200. The van der Waals surface area contributed by atoms with Gasteiger partial charge in [0, 0.05) is 16.8 Å². The number of nitrogens with one attached hydrogen (secondary N) is 2. The van der Waals surface area contributed by atoms with Gasteiger partial charge in [0.2, 0.25) is 0 Å². The molecule has 0 radical (unpaired) electrons. The molecule has 0 aliphatic carbocycles. The van der Waals surface area contributed by atoms with E-state index in [9.17, 15) is 20.0 Å². The first-order valence-electron chi connectivity index (χ1n) is 11.0. The number of carbonyl (C=O) groups excluding carboxylic acids is 2. The number of phenolic OH excluding ortho intramolecular Hbond substituents is 1. The molecule has 0 unspecified atom stereocenters. The number of benzene rings is 2. The molecule has 10 heteroatoms. The van der Waals surface area contributed by atoms with Gasteiger partial charge in [0.25, 0.3) is 5.91 Å². The van der Waals surface area contributed by atoms with Gasteiger partial charge in [-0.1, -0.05) is 24.3 Å². The number of para-hydroxylation sites is 1. The topological polar surface area (TPSA) is 154 Å². The van der Waals surface area contributed by atoms with Crippen molar-refractivity contribution in [2.24, 2.45) is 5.73 Å². The van der Waals surface area contributed by atoms with Gasteiger partial charge in [0.15, 0.2) is 17.9 Å². The lowest BCUT2D eigenvalue weighted by atomic mass is 9.92. The molecule has 0 aliphatic heterocycles. The lowest BCUT2D eigenvalue weighted by Gasteiger charge is -2.22. The van der Waals surface area contributed by atoms with Gasteiger partial charge in [-0.15, -0.1) is 12.4 Å². The van der Waals surface area contributed by atoms with Gasteiger partial charge in [0.1, 0.15) is 23.0 Å². The standard InChI is InChI=1S/C27H23N5O4.ClH/c1-16-23(17-7-5-8-18(13-17)32-27(2,29)15-33)20(14-28)25(31-26(35)22-11-6-12-36-22)30-24(16)19-9-3-4-10-21(19)34;/h3-13,15,32,34H,29H2,1-2H3,(H,30,31,35);1H/t27-;/m0./s1. The van der Waals surface area contributed by atoms with Crippen LogP contribution in [0.1, 0.15) is 28.6 Å². The van der Waals surface area contributed by atoms with E-state index in [0.717, 1.165) is 0 Å². The highest BCUT2D eigenvalue weighted by Crippen LogP contribution is 2.40. The van der Waals surface area contributed by atoms with Crippen molar-refractivity contribution in [3.05, 3.63) is 83.8 Å². The van der Waals surface area contributed by atoms with Gasteiger partial charge >= 0.3 is 0 Å². The van der Waals surface area contributed by atoms with Crippen LogP contribution in [-0.4, -0.2) is 27.9 Å². The van der Waals surface area contributed by atoms with Crippen LogP contribution < -0.4 is 16.4 Å². The van der Waals surface area contributed by atoms with Crippen LogP contribution in [-0.2, 0) is 4.79 Å². The molecule has 4 aromatic rings. The Hall–Kier alpha value is -4.65. The molecular formula is C27H24ClN5O4. The van der Waals surface area contributed by atoms with Crippen LogP contribution in [0.15, 0.2) is 71.3 Å². The van der Waals surface area contributed by atoms with Crippen molar-refractivity contribution < 1.29 is 19.1 Å². The van der Waals surface area contributed by atoms with Gasteiger partial charge < -0.3 is 25.9 Å². The molecule has 2 aromatic heterocycles. The molecule has 0 saturated heterocycles. The predicted molar refractivity (Wildman–Crippen MR) is 142 cm³/mol. The molecule has 0 aliphatic rings. The van der Waals surface area contributed by atoms with Crippen LogP contribution in [0.25, 0.3) is 22.4 Å². The van der Waals surface area contributed by atoms with E-state index >= 15 is 0 Å². The van der Waals surface area contributed by atoms with Crippen molar-refractivity contribution in [1.82, 2.24) is 4.98 Å². The Bertz CT molecular complexity index is 1490. The molecule has 0 saturated carbocycles. The molecule has 1 atom stereocenters. The van der Waals surface area contributed by atoms with Crippen LogP contribution >= 0.6 is 12.4 Å². The lowest BCUT2D eigenvalue weighted by molar-refractivity contribution is -0.111. The second-order valence-corrected chi connectivity index (χ2v) is 8.35. The molecule has 0 spiro atoms. The molecule has 9 nitrogen and oxygen atoms in total. The highest BCUT2D eigenvalue weighted by atomic mass is 35.5. The summed E-state index contributed by atoms with van der Waals surface area (Å²) in [7, 11) is 0. The van der Waals surface area contributed by atoms with Crippen LogP contribution in [0, 0.1) is 18.3 Å². The maximum absolute atomic E-state index is 12.8. The first-order valence-corrected chi connectivity index (χ1v) is 11.0. The number of phenols is 1. The third-order valence-electron chi connectivity index (χ3n) is 5.50. The highest BCUT2D eigenvalue weighted by molar-refractivity contribution is 6.03. The summed E-state index contributed by atoms with van der Waals surface area (Å²) >= 11 is 0. The minimum atomic E-state index is -1.30. The molecule has 2 heterocycles. The molecule has 37 heavy (non-hydrogen) atoms. The van der Waals surface area contributed by atoms with E-state index in [-0.39, 0.29) is 35.3 Å². The number of furan rings is 1. The van der Waals surface area contributed by atoms with E-state index in [1.807, 2.05) is 0 Å². The molecule has 5 N–H and O–H groups in total. The summed E-state index contributed by atoms with van der Waals surface area (Å²) in [5.41, 5.74) is 7.83. The Kier molecular flexibility index (Phi) is 7.98. The van der Waals surface area contributed by atoms with Gasteiger partial charge in [-0.2, -0.15) is 5.26 Å². The number of aromatic hydroxyl groups is 1. The summed E-state index contributed by atoms with van der Waals surface area (Å²) in [6.45, 7) is 3.31. The van der Waals surface area contributed by atoms with Crippen molar-refractivity contribution in [3.8, 4) is 34.2 Å². The van der Waals surface area contributed by atoms with Crippen molar-refractivity contribution in [3.63, 3.8) is 0 Å². The summed E-state index contributed by atoms with van der Waals surface area (Å²) in [6.07, 6.45) is 1.96. The molecule has 0 bridgehead atoms. The fourth-order valence-corrected chi connectivity index (χ4v) is 3.84. The zero-order valence-corrected chi connectivity index (χ0v) is 20.8. The minimum absolute atomic E-state index is 0. The van der Waals surface area contributed by atoms with Gasteiger partial charge in [-0.05, 0) is 61.4 Å². The van der Waals surface area contributed by atoms with E-state index in [1.54, 1.807) is 55.5 Å². The number of rotatable bonds is 7. The molecule has 4 rings (SSSR count). The molecule has 0 fully saturated rings. The third-order valence-corrected chi connectivity index (χ3v) is 5.50. The maximum atomic E-state index is 12.8. The number of anilines is 2. The molecular weight excluding hydrogens is 494 g/mol. The van der Waals surface area contributed by atoms with Crippen molar-refractivity contribution in [2.45, 2.75) is 19.5 Å². The Morgan fingerprint density at radius 1 is 1.19 bits per heavy atom. The number of hydrogen-bond acceptors (Lipinski definition) is 8. The highest BCUT2D eigenvalue weighted by Gasteiger charge is 2.24. The Labute approximate surface area is 219 Å². The molecule has 1 amide bonds. The van der Waals surface area contributed by atoms with E-state index in [0.29, 0.717) is 39.9 Å². The Balaban J connectivity index is 0.00000380. The first-order chi connectivity index (χ1) is 17.2. The van der Waals surface area contributed by atoms with Crippen molar-refractivity contribution in [2.75, 3.05) is 10.6 Å². The lowest BCUT2D eigenvalue weighted by Crippen LogP contribution is -2.46. The number of pyridine rings is 1. The number of nitriles is 1. The summed E-state index contributed by atoms with van der Waals surface area (Å²) < 4.78 is 5.18. The fourth-order valence-electron chi connectivity index (χ4n) is 3.84. The number of hydrogen-bond donors (Lipinski definition) is 4. The zero-order valence-electron chi connectivity index (χ0n) is 20.0. The number of aldehydes is 1. The Morgan fingerprint density at radius 3 is 2.59 bits per heavy atom. The van der Waals surface area contributed by atoms with Crippen LogP contribution in [0.5, 0.6) is 5.75 Å². The monoisotopic (exact) mass is 517 g/mol. The minimum Gasteiger partial charge on any atom is -0.507 e. The molecule has 2 aromatic carbocycles. The smallest absolute Gasteiger partial charge is 0.292 e. The number of nitrogens with zero attached hydrogens (tertiary/aromatic N) is 2. The van der Waals surface area contributed by atoms with E-state index in [4.69, 9.17) is 10.2 Å². The second-order valence-electron chi connectivity index (χ2n) is 8.35. The van der Waals surface area contributed by atoms with E-state index in [2.05, 4.69) is 21.7 Å². The van der Waals surface area contributed by atoms with Crippen LogP contribution in [0.4, 0.5) is 11.5 Å². The summed E-state index contributed by atoms with van der Waals surface area (Å²) in [5, 5.41) is 26.3. The van der Waals surface area contributed by atoms with Gasteiger partial charge in [-0.3, -0.25) is 9.59 Å². The number of amides is 1. The number of halogens is 1. The zero-order chi connectivity index (χ0) is 25.9. The number of carbonyl (C=O) groups is 2. The van der Waals surface area contributed by atoms with E-state index < -0.39 is 11.6 Å². The van der Waals surface area contributed by atoms with Crippen LogP contribution in [0.2, 0.25) is 0 Å².